The number of anilines is 2. The van der Waals surface area contributed by atoms with E-state index in [2.05, 4.69) is 20.3 Å². The van der Waals surface area contributed by atoms with Gasteiger partial charge in [-0.2, -0.15) is 18.3 Å². The van der Waals surface area contributed by atoms with Gasteiger partial charge in [-0.25, -0.2) is 4.52 Å². The first-order chi connectivity index (χ1) is 16.3. The molecule has 1 N–H and O–H groups in total. The average Bonchev–Trinajstić information content (AvgIpc) is 3.46. The molecule has 0 bridgehead atoms. The first-order valence-electron chi connectivity index (χ1n) is 10.9. The number of alkyl halides is 3. The van der Waals surface area contributed by atoms with Crippen molar-refractivity contribution in [1.29, 1.82) is 0 Å². The SMILES string of the molecule is Cc1ccc(C(=O)Nc2cncc(C(F)(F)F)c2)cc1[C@@H]1CCN(c2cnn3ccccc23)C1. The van der Waals surface area contributed by atoms with Crippen molar-refractivity contribution in [3.63, 3.8) is 0 Å². The molecule has 1 aromatic carbocycles. The lowest BCUT2D eigenvalue weighted by Gasteiger charge is -2.19. The number of amides is 1. The fourth-order valence-electron chi connectivity index (χ4n) is 4.49. The van der Waals surface area contributed by atoms with Crippen LogP contribution in [0.15, 0.2) is 67.3 Å². The molecule has 0 aliphatic carbocycles. The second-order valence-corrected chi connectivity index (χ2v) is 8.48. The van der Waals surface area contributed by atoms with Crippen molar-refractivity contribution in [3.05, 3.63) is 89.5 Å². The summed E-state index contributed by atoms with van der Waals surface area (Å²) in [4.78, 5) is 18.7. The van der Waals surface area contributed by atoms with Gasteiger partial charge in [0.25, 0.3) is 5.91 Å². The molecule has 1 saturated heterocycles. The van der Waals surface area contributed by atoms with Gasteiger partial charge in [-0.1, -0.05) is 12.1 Å². The van der Waals surface area contributed by atoms with Gasteiger partial charge in [0.15, 0.2) is 0 Å². The quantitative estimate of drug-likeness (QED) is 0.444. The number of carbonyl (C=O) groups is 1. The number of aryl methyl sites for hydroxylation is 1. The van der Waals surface area contributed by atoms with E-state index in [-0.39, 0.29) is 11.6 Å². The number of rotatable bonds is 4. The van der Waals surface area contributed by atoms with Crippen LogP contribution in [0.1, 0.15) is 39.4 Å². The highest BCUT2D eigenvalue weighted by Gasteiger charge is 2.31. The summed E-state index contributed by atoms with van der Waals surface area (Å²) in [5, 5.41) is 6.96. The summed E-state index contributed by atoms with van der Waals surface area (Å²) >= 11 is 0. The molecule has 1 amide bonds. The molecule has 5 rings (SSSR count). The number of aromatic nitrogens is 3. The zero-order valence-electron chi connectivity index (χ0n) is 18.4. The standard InChI is InChI=1S/C25H22F3N5O/c1-16-5-6-17(24(34)31-20-11-19(12-29-13-20)25(26,27)28)10-21(16)18-7-9-32(15-18)23-14-30-33-8-3-2-4-22(23)33/h2-6,8,10-14,18H,7,9,15H2,1H3,(H,31,34)/t18-/m1/s1. The third-order valence-corrected chi connectivity index (χ3v) is 6.24. The molecule has 9 heteroatoms. The molecule has 0 radical (unpaired) electrons. The van der Waals surface area contributed by atoms with Crippen LogP contribution in [0.4, 0.5) is 24.5 Å². The second-order valence-electron chi connectivity index (χ2n) is 8.48. The number of hydrogen-bond acceptors (Lipinski definition) is 4. The monoisotopic (exact) mass is 465 g/mol. The van der Waals surface area contributed by atoms with E-state index in [0.717, 1.165) is 54.1 Å². The molecule has 34 heavy (non-hydrogen) atoms. The van der Waals surface area contributed by atoms with E-state index < -0.39 is 17.6 Å². The average molecular weight is 465 g/mol. The van der Waals surface area contributed by atoms with Gasteiger partial charge in [0.05, 0.1) is 34.8 Å². The molecule has 6 nitrogen and oxygen atoms in total. The van der Waals surface area contributed by atoms with Gasteiger partial charge in [-0.15, -0.1) is 0 Å². The number of benzene rings is 1. The summed E-state index contributed by atoms with van der Waals surface area (Å²) < 4.78 is 40.7. The fraction of sp³-hybridized carbons (Fsp3) is 0.240. The summed E-state index contributed by atoms with van der Waals surface area (Å²) in [7, 11) is 0. The molecule has 1 fully saturated rings. The Morgan fingerprint density at radius 2 is 1.97 bits per heavy atom. The van der Waals surface area contributed by atoms with Gasteiger partial charge in [0.2, 0.25) is 0 Å². The largest absolute Gasteiger partial charge is 0.417 e. The van der Waals surface area contributed by atoms with Crippen LogP contribution in [0.25, 0.3) is 5.52 Å². The summed E-state index contributed by atoms with van der Waals surface area (Å²) in [5.74, 6) is -0.249. The van der Waals surface area contributed by atoms with Crippen molar-refractivity contribution in [2.45, 2.75) is 25.4 Å². The number of halogens is 3. The van der Waals surface area contributed by atoms with E-state index in [1.165, 1.54) is 6.20 Å². The van der Waals surface area contributed by atoms with E-state index in [1.807, 2.05) is 54.2 Å². The fourth-order valence-corrected chi connectivity index (χ4v) is 4.49. The van der Waals surface area contributed by atoms with Crippen LogP contribution in [-0.4, -0.2) is 33.6 Å². The van der Waals surface area contributed by atoms with Crippen molar-refractivity contribution < 1.29 is 18.0 Å². The minimum atomic E-state index is -4.53. The van der Waals surface area contributed by atoms with Gasteiger partial charge >= 0.3 is 6.18 Å². The highest BCUT2D eigenvalue weighted by atomic mass is 19.4. The number of nitrogens with one attached hydrogen (secondary N) is 1. The Balaban J connectivity index is 1.35. The van der Waals surface area contributed by atoms with Crippen LogP contribution in [-0.2, 0) is 6.18 Å². The topological polar surface area (TPSA) is 62.5 Å². The molecule has 0 spiro atoms. The van der Waals surface area contributed by atoms with Gasteiger partial charge in [0, 0.05) is 37.0 Å². The molecule has 3 aromatic heterocycles. The Morgan fingerprint density at radius 1 is 1.12 bits per heavy atom. The van der Waals surface area contributed by atoms with E-state index >= 15 is 0 Å². The highest BCUT2D eigenvalue weighted by molar-refractivity contribution is 6.04. The van der Waals surface area contributed by atoms with Crippen LogP contribution >= 0.6 is 0 Å². The Labute approximate surface area is 194 Å². The van der Waals surface area contributed by atoms with Gasteiger partial charge in [-0.3, -0.25) is 9.78 Å². The summed E-state index contributed by atoms with van der Waals surface area (Å²) in [5.41, 5.74) is 3.75. The molecule has 1 aliphatic heterocycles. The lowest BCUT2D eigenvalue weighted by atomic mass is 9.92. The van der Waals surface area contributed by atoms with Crippen molar-refractivity contribution in [2.24, 2.45) is 0 Å². The minimum absolute atomic E-state index is 0.00192. The summed E-state index contributed by atoms with van der Waals surface area (Å²) in [6.07, 6.45) is 2.12. The maximum Gasteiger partial charge on any atom is 0.417 e. The molecule has 4 heterocycles. The Hall–Kier alpha value is -3.88. The van der Waals surface area contributed by atoms with Crippen LogP contribution < -0.4 is 10.2 Å². The van der Waals surface area contributed by atoms with Crippen LogP contribution in [0.3, 0.4) is 0 Å². The number of carbonyl (C=O) groups excluding carboxylic acids is 1. The molecule has 4 aromatic rings. The number of pyridine rings is 2. The number of hydrogen-bond donors (Lipinski definition) is 1. The second kappa shape index (κ2) is 8.48. The van der Waals surface area contributed by atoms with Gasteiger partial charge < -0.3 is 10.2 Å². The number of nitrogens with zero attached hydrogens (tertiary/aromatic N) is 4. The predicted molar refractivity (Wildman–Crippen MR) is 123 cm³/mol. The molecule has 1 atom stereocenters. The van der Waals surface area contributed by atoms with Crippen LogP contribution in [0.5, 0.6) is 0 Å². The van der Waals surface area contributed by atoms with E-state index in [1.54, 1.807) is 6.07 Å². The first-order valence-corrected chi connectivity index (χ1v) is 10.9. The molecule has 1 aliphatic rings. The van der Waals surface area contributed by atoms with Crippen LogP contribution in [0, 0.1) is 6.92 Å². The lowest BCUT2D eigenvalue weighted by molar-refractivity contribution is -0.137. The van der Waals surface area contributed by atoms with Crippen molar-refractivity contribution in [1.82, 2.24) is 14.6 Å². The zero-order valence-corrected chi connectivity index (χ0v) is 18.4. The van der Waals surface area contributed by atoms with Crippen LogP contribution in [0.2, 0.25) is 0 Å². The smallest absolute Gasteiger partial charge is 0.368 e. The molecular weight excluding hydrogens is 443 g/mol. The van der Waals surface area contributed by atoms with Gasteiger partial charge in [0.1, 0.15) is 0 Å². The lowest BCUT2D eigenvalue weighted by Crippen LogP contribution is -2.19. The van der Waals surface area contributed by atoms with E-state index in [0.29, 0.717) is 5.56 Å². The first kappa shape index (κ1) is 21.9. The Kier molecular flexibility index (Phi) is 5.47. The Bertz CT molecular complexity index is 1360. The van der Waals surface area contributed by atoms with E-state index in [9.17, 15) is 18.0 Å². The molecular formula is C25H22F3N5O. The van der Waals surface area contributed by atoms with Gasteiger partial charge in [-0.05, 0) is 54.8 Å². The third-order valence-electron chi connectivity index (χ3n) is 6.24. The third kappa shape index (κ3) is 4.21. The normalized spacial score (nSPS) is 16.2. The summed E-state index contributed by atoms with van der Waals surface area (Å²) in [6.45, 7) is 3.66. The van der Waals surface area contributed by atoms with Crippen molar-refractivity contribution >= 4 is 22.8 Å². The highest BCUT2D eigenvalue weighted by Crippen LogP contribution is 2.35. The zero-order chi connectivity index (χ0) is 23.9. The predicted octanol–water partition coefficient (Wildman–Crippen LogP) is 5.30. The molecule has 0 unspecified atom stereocenters. The number of fused-ring (bicyclic) bond motifs is 1. The summed E-state index contributed by atoms with van der Waals surface area (Å²) in [6, 6.07) is 12.3. The van der Waals surface area contributed by atoms with Crippen molar-refractivity contribution in [3.8, 4) is 0 Å². The minimum Gasteiger partial charge on any atom is -0.368 e. The maximum atomic E-state index is 13.0. The molecule has 174 valence electrons. The van der Waals surface area contributed by atoms with E-state index in [4.69, 9.17) is 0 Å². The maximum absolute atomic E-state index is 13.0. The Morgan fingerprint density at radius 3 is 2.79 bits per heavy atom. The molecule has 0 saturated carbocycles. The van der Waals surface area contributed by atoms with Crippen molar-refractivity contribution in [2.75, 3.05) is 23.3 Å².